The minimum Gasteiger partial charge on any atom is -0.459 e. The molecule has 3 aliphatic rings. The highest BCUT2D eigenvalue weighted by molar-refractivity contribution is 5.81. The number of amides is 1. The summed E-state index contributed by atoms with van der Waals surface area (Å²) in [5.41, 5.74) is 2.75. The number of methoxy groups -OCH3 is 1. The molecular formula is C50H88N4O13. The van der Waals surface area contributed by atoms with Gasteiger partial charge in [-0.05, 0) is 113 Å². The predicted molar refractivity (Wildman–Crippen MR) is 254 cm³/mol. The number of carbonyl (C=O) groups excluding carboxylic acids is 2. The van der Waals surface area contributed by atoms with E-state index in [1.807, 2.05) is 84.1 Å². The van der Waals surface area contributed by atoms with Gasteiger partial charge in [-0.25, -0.2) is 0 Å². The number of cyclic esters (lactones) is 1. The zero-order valence-corrected chi connectivity index (χ0v) is 42.9. The van der Waals surface area contributed by atoms with Crippen LogP contribution in [-0.4, -0.2) is 186 Å². The van der Waals surface area contributed by atoms with E-state index in [2.05, 4.69) is 10.2 Å². The summed E-state index contributed by atoms with van der Waals surface area (Å²) in [6.07, 6.45) is -6.96. The van der Waals surface area contributed by atoms with Gasteiger partial charge in [0.1, 0.15) is 30.0 Å². The van der Waals surface area contributed by atoms with Crippen molar-refractivity contribution in [2.24, 2.45) is 23.5 Å². The Morgan fingerprint density at radius 1 is 0.985 bits per heavy atom. The Balaban J connectivity index is 1.72. The molecule has 0 bridgehead atoms. The maximum atomic E-state index is 14.5. The first-order valence-electron chi connectivity index (χ1n) is 24.5. The summed E-state index contributed by atoms with van der Waals surface area (Å²) in [6.45, 7) is 18.8. The molecular weight excluding hydrogens is 865 g/mol. The quantitative estimate of drug-likeness (QED) is 0.110. The van der Waals surface area contributed by atoms with E-state index in [-0.39, 0.29) is 49.8 Å². The van der Waals surface area contributed by atoms with Crippen molar-refractivity contribution in [3.05, 3.63) is 35.9 Å². The third-order valence-electron chi connectivity index (χ3n) is 14.7. The number of nitrogens with two attached hydrogens (primary N) is 1. The summed E-state index contributed by atoms with van der Waals surface area (Å²) in [5, 5.41) is 50.5. The van der Waals surface area contributed by atoms with E-state index in [1.165, 1.54) is 14.0 Å². The maximum Gasteiger partial charge on any atom is 0.311 e. The lowest BCUT2D eigenvalue weighted by Gasteiger charge is -2.49. The number of rotatable bonds is 15. The Morgan fingerprint density at radius 3 is 2.25 bits per heavy atom. The van der Waals surface area contributed by atoms with Crippen molar-refractivity contribution in [1.29, 1.82) is 0 Å². The van der Waals surface area contributed by atoms with Crippen molar-refractivity contribution in [3.63, 3.8) is 0 Å². The largest absolute Gasteiger partial charge is 0.459 e. The van der Waals surface area contributed by atoms with E-state index in [9.17, 15) is 30.0 Å². The smallest absolute Gasteiger partial charge is 0.311 e. The van der Waals surface area contributed by atoms with E-state index in [0.29, 0.717) is 32.4 Å². The first kappa shape index (κ1) is 57.2. The summed E-state index contributed by atoms with van der Waals surface area (Å²) < 4.78 is 45.5. The molecule has 3 heterocycles. The molecule has 4 rings (SSSR count). The number of aliphatic hydroxyl groups is 4. The Bertz CT molecular complexity index is 1670. The minimum atomic E-state index is -1.83. The van der Waals surface area contributed by atoms with Crippen molar-refractivity contribution >= 4 is 11.9 Å². The Hall–Kier alpha value is -2.36. The van der Waals surface area contributed by atoms with Crippen LogP contribution in [-0.2, 0) is 49.2 Å². The van der Waals surface area contributed by atoms with Crippen LogP contribution in [0.3, 0.4) is 0 Å². The highest BCUT2D eigenvalue weighted by Crippen LogP contribution is 2.40. The van der Waals surface area contributed by atoms with Crippen LogP contribution in [0.25, 0.3) is 0 Å². The Morgan fingerprint density at radius 2 is 1.64 bits per heavy atom. The van der Waals surface area contributed by atoms with Crippen molar-refractivity contribution in [2.75, 3.05) is 47.9 Å². The summed E-state index contributed by atoms with van der Waals surface area (Å²) in [6, 6.07) is 8.20. The molecule has 3 saturated heterocycles. The molecule has 0 aromatic heterocycles. The van der Waals surface area contributed by atoms with Crippen molar-refractivity contribution in [3.8, 4) is 0 Å². The minimum absolute atomic E-state index is 0.116. The van der Waals surface area contributed by atoms with Crippen LogP contribution < -0.4 is 11.1 Å². The lowest BCUT2D eigenvalue weighted by atomic mass is 9.77. The number of likely N-dealkylation sites (N-methyl/N-ethyl adjacent to an activating group) is 2. The van der Waals surface area contributed by atoms with Gasteiger partial charge in [0.25, 0.3) is 0 Å². The van der Waals surface area contributed by atoms with Crippen LogP contribution in [0.4, 0.5) is 0 Å². The van der Waals surface area contributed by atoms with Crippen LogP contribution in [0.2, 0.25) is 0 Å². The number of nitrogens with zero attached hydrogens (tertiary/aromatic N) is 2. The van der Waals surface area contributed by atoms with Gasteiger partial charge in [0.15, 0.2) is 12.6 Å². The lowest BCUT2D eigenvalue weighted by molar-refractivity contribution is -0.321. The molecule has 17 heteroatoms. The summed E-state index contributed by atoms with van der Waals surface area (Å²) in [7, 11) is 7.30. The zero-order valence-electron chi connectivity index (χ0n) is 42.9. The van der Waals surface area contributed by atoms with Crippen LogP contribution in [0.15, 0.2) is 30.3 Å². The maximum absolute atomic E-state index is 14.5. The van der Waals surface area contributed by atoms with E-state index < -0.39 is 102 Å². The van der Waals surface area contributed by atoms with E-state index in [1.54, 1.807) is 34.6 Å². The molecule has 19 atom stereocenters. The molecule has 1 aromatic carbocycles. The number of hydrogen-bond acceptors (Lipinski definition) is 16. The second-order valence-electron chi connectivity index (χ2n) is 21.0. The van der Waals surface area contributed by atoms with Crippen LogP contribution in [0.1, 0.15) is 107 Å². The molecule has 7 N–H and O–H groups in total. The van der Waals surface area contributed by atoms with Gasteiger partial charge in [0.05, 0.1) is 47.6 Å². The fourth-order valence-corrected chi connectivity index (χ4v) is 10.5. The van der Waals surface area contributed by atoms with Gasteiger partial charge >= 0.3 is 5.97 Å². The molecule has 0 saturated carbocycles. The molecule has 1 aromatic rings. The summed E-state index contributed by atoms with van der Waals surface area (Å²) >= 11 is 0. The molecule has 17 nitrogen and oxygen atoms in total. The van der Waals surface area contributed by atoms with Gasteiger partial charge in [-0.15, -0.1) is 0 Å². The first-order valence-corrected chi connectivity index (χ1v) is 24.5. The van der Waals surface area contributed by atoms with Crippen LogP contribution in [0, 0.1) is 17.8 Å². The van der Waals surface area contributed by atoms with Crippen molar-refractivity contribution in [1.82, 2.24) is 15.1 Å². The number of hydrogen-bond donors (Lipinski definition) is 6. The van der Waals surface area contributed by atoms with E-state index >= 15 is 0 Å². The van der Waals surface area contributed by atoms with Gasteiger partial charge in [-0.3, -0.25) is 9.59 Å². The number of benzene rings is 1. The second kappa shape index (κ2) is 24.7. The third-order valence-corrected chi connectivity index (χ3v) is 14.7. The number of aliphatic hydroxyl groups excluding tert-OH is 2. The summed E-state index contributed by atoms with van der Waals surface area (Å²) in [4.78, 5) is 31.4. The average molecular weight is 953 g/mol. The first-order chi connectivity index (χ1) is 31.3. The molecule has 0 radical (unpaired) electrons. The van der Waals surface area contributed by atoms with Gasteiger partial charge in [-0.2, -0.15) is 0 Å². The number of nitrogens with one attached hydrogen (secondary N) is 1. The number of esters is 1. The van der Waals surface area contributed by atoms with Crippen LogP contribution >= 0.6 is 0 Å². The van der Waals surface area contributed by atoms with Gasteiger partial charge in [0, 0.05) is 51.2 Å². The summed E-state index contributed by atoms with van der Waals surface area (Å²) in [5.74, 6) is -2.92. The monoisotopic (exact) mass is 953 g/mol. The topological polar surface area (TPSA) is 224 Å². The SMILES string of the molecule is CC[C@H]1OC(=O)[C@H](C)[C@@H](O[C@H]2C[C@@](C)(OC)[C@@H](O)[C@H](C)O2)[C@H](C)[C@@H](O[C@@H]2O[C@H](C)C[C@H](N(C)C)[C@H]2OCCCNC(=O)[C@@H](N)Cc2ccccc2)[C@](C)(O)C[C@@H](C)CN(C)[C@H](C)[C@@H](O)[C@]1(C)O. The molecule has 3 aliphatic heterocycles. The highest BCUT2D eigenvalue weighted by atomic mass is 16.7. The number of carbonyl (C=O) groups is 2. The fourth-order valence-electron chi connectivity index (χ4n) is 10.5. The highest BCUT2D eigenvalue weighted by Gasteiger charge is 2.53. The van der Waals surface area contributed by atoms with Gasteiger partial charge in [-0.1, -0.05) is 51.1 Å². The number of ether oxygens (including phenoxy) is 7. The molecule has 1 amide bonds. The second-order valence-corrected chi connectivity index (χ2v) is 21.0. The molecule has 3 fully saturated rings. The average Bonchev–Trinajstić information content (AvgIpc) is 3.26. The van der Waals surface area contributed by atoms with Crippen LogP contribution in [0.5, 0.6) is 0 Å². The van der Waals surface area contributed by atoms with Crippen molar-refractivity contribution < 1.29 is 63.2 Å². The standard InChI is InChI=1S/C50H88N4O13/c1-15-38-50(10,60)42(55)33(6)54(13)28-29(2)26-48(8,59)44(31(4)40(32(5)46(58)65-38)66-39-27-49(9,61-14)43(56)34(7)64-39)67-47-41(37(53(11)12)24-30(3)63-47)62-23-19-22-52-45(57)36(51)25-35-20-17-16-18-21-35/h16-18,20-21,29-34,36-44,47,55-56,59-60H,15,19,22-28,51H2,1-14H3,(H,52,57)/t29-,30-,31+,32-,33-,34+,36+,37+,38-,39+,40+,41-,42-,43+,44-,47+,48-,49-,50-/m1/s1. The van der Waals surface area contributed by atoms with Gasteiger partial charge in [0.2, 0.25) is 5.91 Å². The predicted octanol–water partition coefficient (Wildman–Crippen LogP) is 3.00. The normalized spacial score (nSPS) is 41.5. The van der Waals surface area contributed by atoms with E-state index in [0.717, 1.165) is 5.56 Å². The molecule has 67 heavy (non-hydrogen) atoms. The van der Waals surface area contributed by atoms with Crippen molar-refractivity contribution in [2.45, 2.75) is 204 Å². The Labute approximate surface area is 400 Å². The zero-order chi connectivity index (χ0) is 50.2. The van der Waals surface area contributed by atoms with E-state index in [4.69, 9.17) is 38.9 Å². The molecule has 386 valence electrons. The Kier molecular flexibility index (Phi) is 21.1. The molecule has 0 aliphatic carbocycles. The third kappa shape index (κ3) is 14.6. The molecule has 0 unspecified atom stereocenters. The fraction of sp³-hybridized carbons (Fsp3) is 0.840. The van der Waals surface area contributed by atoms with Gasteiger partial charge < -0.3 is 74.4 Å². The lowest BCUT2D eigenvalue weighted by Crippen LogP contribution is -2.61. The molecule has 0 spiro atoms.